The van der Waals surface area contributed by atoms with E-state index in [-0.39, 0.29) is 5.41 Å². The first-order chi connectivity index (χ1) is 11.6. The van der Waals surface area contributed by atoms with E-state index in [0.29, 0.717) is 5.92 Å². The van der Waals surface area contributed by atoms with Gasteiger partial charge in [0, 0.05) is 0 Å². The lowest BCUT2D eigenvalue weighted by atomic mass is 9.81. The van der Waals surface area contributed by atoms with Gasteiger partial charge in [0.2, 0.25) is 0 Å². The van der Waals surface area contributed by atoms with Crippen molar-refractivity contribution in [1.29, 1.82) is 0 Å². The van der Waals surface area contributed by atoms with Gasteiger partial charge in [-0.1, -0.05) is 65.0 Å². The van der Waals surface area contributed by atoms with E-state index in [1.165, 1.54) is 49.0 Å². The van der Waals surface area contributed by atoms with Crippen LogP contribution < -0.4 is 10.4 Å². The summed E-state index contributed by atoms with van der Waals surface area (Å²) < 4.78 is 0. The minimum atomic E-state index is 0.172. The summed E-state index contributed by atoms with van der Waals surface area (Å²) >= 11 is 0. The van der Waals surface area contributed by atoms with Gasteiger partial charge in [-0.15, -0.1) is 0 Å². The molecular formula is C24H29Si. The molecule has 1 aliphatic carbocycles. The Hall–Kier alpha value is -1.73. The SMILES string of the molecule is CC1=c2c(-c3ccc(C(C)(C)C)cc3C(C)C)c(C)ccc2=[C]C1=[SiH2]. The molecule has 2 aromatic rings. The first-order valence-electron chi connectivity index (χ1n) is 9.20. The maximum atomic E-state index is 3.56. The fraction of sp³-hybridized carbons (Fsp3) is 0.375. The second-order valence-corrected chi connectivity index (χ2v) is 9.32. The predicted octanol–water partition coefficient (Wildman–Crippen LogP) is 3.73. The molecule has 129 valence electrons. The van der Waals surface area contributed by atoms with E-state index in [1.807, 2.05) is 9.85 Å². The highest BCUT2D eigenvalue weighted by Gasteiger charge is 2.20. The average Bonchev–Trinajstić information content (AvgIpc) is 2.81. The number of hydrogen-bond donors (Lipinski definition) is 0. The second-order valence-electron chi connectivity index (χ2n) is 8.62. The smallest absolute Gasteiger partial charge is 0.00652 e. The molecule has 0 fully saturated rings. The van der Waals surface area contributed by atoms with Crippen molar-refractivity contribution in [1.82, 2.24) is 0 Å². The van der Waals surface area contributed by atoms with Gasteiger partial charge in [0.1, 0.15) is 0 Å². The van der Waals surface area contributed by atoms with Crippen LogP contribution in [0.3, 0.4) is 0 Å². The third kappa shape index (κ3) is 3.11. The first kappa shape index (κ1) is 18.1. The number of aryl methyl sites for hydroxylation is 1. The van der Waals surface area contributed by atoms with E-state index >= 15 is 0 Å². The molecule has 0 N–H and O–H groups in total. The topological polar surface area (TPSA) is 0 Å². The molecular weight excluding hydrogens is 316 g/mol. The van der Waals surface area contributed by atoms with Crippen LogP contribution in [0.5, 0.6) is 0 Å². The van der Waals surface area contributed by atoms with Gasteiger partial charge in [-0.3, -0.25) is 0 Å². The zero-order valence-corrected chi connectivity index (χ0v) is 18.1. The molecule has 0 unspecified atom stereocenters. The lowest BCUT2D eigenvalue weighted by molar-refractivity contribution is 0.588. The first-order valence-corrected chi connectivity index (χ1v) is 9.90. The van der Waals surface area contributed by atoms with E-state index in [9.17, 15) is 0 Å². The molecule has 0 saturated heterocycles. The van der Waals surface area contributed by atoms with Crippen molar-refractivity contribution in [2.24, 2.45) is 0 Å². The number of hydrogen-bond acceptors (Lipinski definition) is 0. The normalized spacial score (nSPS) is 14.1. The summed E-state index contributed by atoms with van der Waals surface area (Å²) in [6.45, 7) is 16.0. The zero-order valence-electron chi connectivity index (χ0n) is 16.7. The van der Waals surface area contributed by atoms with Crippen LogP contribution >= 0.6 is 0 Å². The van der Waals surface area contributed by atoms with Gasteiger partial charge >= 0.3 is 0 Å². The Kier molecular flexibility index (Phi) is 4.49. The molecule has 0 atom stereocenters. The molecule has 2 aromatic carbocycles. The molecule has 0 amide bonds. The molecule has 1 heteroatoms. The minimum absolute atomic E-state index is 0.172. The van der Waals surface area contributed by atoms with Crippen molar-refractivity contribution in [3.05, 3.63) is 57.5 Å². The molecule has 0 spiro atoms. The molecule has 1 radical (unpaired) electrons. The van der Waals surface area contributed by atoms with Crippen LogP contribution in [-0.2, 0) is 5.41 Å². The summed E-state index contributed by atoms with van der Waals surface area (Å²) in [6, 6.07) is 11.6. The van der Waals surface area contributed by atoms with Crippen LogP contribution in [0.4, 0.5) is 0 Å². The standard InChI is InChI=1S/C24H29Si/c1-14(2)20-13-18(24(5,6)7)10-11-19(20)22-15(3)8-9-17-12-21(25)16(4)23(17)22/h8-11,13-14H,25H2,1-7H3. The van der Waals surface area contributed by atoms with Crippen molar-refractivity contribution in [3.63, 3.8) is 0 Å². The fourth-order valence-corrected chi connectivity index (χ4v) is 4.06. The van der Waals surface area contributed by atoms with E-state index < -0.39 is 0 Å². The second kappa shape index (κ2) is 6.21. The monoisotopic (exact) mass is 345 g/mol. The van der Waals surface area contributed by atoms with Gasteiger partial charge in [0.05, 0.1) is 0 Å². The van der Waals surface area contributed by atoms with Gasteiger partial charge in [-0.2, -0.15) is 0 Å². The Bertz CT molecular complexity index is 982. The van der Waals surface area contributed by atoms with Crippen LogP contribution in [-0.4, -0.2) is 15.0 Å². The maximum Gasteiger partial charge on any atom is -0.00652 e. The molecule has 0 aliphatic heterocycles. The summed E-state index contributed by atoms with van der Waals surface area (Å²) in [5.41, 5.74) is 8.54. The summed E-state index contributed by atoms with van der Waals surface area (Å²) in [5.74, 6) is 0.495. The summed E-state index contributed by atoms with van der Waals surface area (Å²) in [4.78, 5) is 0. The van der Waals surface area contributed by atoms with Crippen molar-refractivity contribution < 1.29 is 0 Å². The van der Waals surface area contributed by atoms with E-state index in [2.05, 4.69) is 84.9 Å². The lowest BCUT2D eigenvalue weighted by Crippen LogP contribution is -2.26. The van der Waals surface area contributed by atoms with Gasteiger partial charge in [0.15, 0.2) is 0 Å². The zero-order chi connectivity index (χ0) is 18.5. The predicted molar refractivity (Wildman–Crippen MR) is 115 cm³/mol. The third-order valence-corrected chi connectivity index (χ3v) is 6.04. The Morgan fingerprint density at radius 3 is 2.28 bits per heavy atom. The van der Waals surface area contributed by atoms with Crippen molar-refractivity contribution in [3.8, 4) is 11.1 Å². The molecule has 1 aliphatic rings. The minimum Gasteiger partial charge on any atom is -0.0587 e. The van der Waals surface area contributed by atoms with Crippen LogP contribution in [0.15, 0.2) is 30.3 Å². The number of rotatable bonds is 2. The van der Waals surface area contributed by atoms with Crippen LogP contribution in [0.1, 0.15) is 64.2 Å². The highest BCUT2D eigenvalue weighted by molar-refractivity contribution is 6.61. The molecule has 25 heavy (non-hydrogen) atoms. The Morgan fingerprint density at radius 1 is 1.00 bits per heavy atom. The number of benzene rings is 2. The van der Waals surface area contributed by atoms with E-state index in [4.69, 9.17) is 0 Å². The molecule has 0 saturated carbocycles. The Balaban J connectivity index is 2.40. The molecule has 3 rings (SSSR count). The molecule has 0 nitrogen and oxygen atoms in total. The quantitative estimate of drug-likeness (QED) is 0.728. The third-order valence-electron chi connectivity index (χ3n) is 5.34. The van der Waals surface area contributed by atoms with Crippen LogP contribution in [0.25, 0.3) is 22.8 Å². The summed E-state index contributed by atoms with van der Waals surface area (Å²) in [7, 11) is 1.94. The van der Waals surface area contributed by atoms with Crippen molar-refractivity contribution in [2.45, 2.75) is 59.8 Å². The summed E-state index contributed by atoms with van der Waals surface area (Å²) in [6.07, 6.45) is 3.56. The van der Waals surface area contributed by atoms with Gasteiger partial charge < -0.3 is 0 Å². The largest absolute Gasteiger partial charge is 0.0587 e. The lowest BCUT2D eigenvalue weighted by Gasteiger charge is -2.23. The number of fused-ring (bicyclic) bond motifs is 1. The highest BCUT2D eigenvalue weighted by Crippen LogP contribution is 2.34. The van der Waals surface area contributed by atoms with Crippen LogP contribution in [0, 0.1) is 6.92 Å². The Labute approximate surface area is 155 Å². The highest BCUT2D eigenvalue weighted by atomic mass is 28.1. The van der Waals surface area contributed by atoms with E-state index in [1.54, 1.807) is 0 Å². The van der Waals surface area contributed by atoms with Gasteiger partial charge in [0.25, 0.3) is 0 Å². The van der Waals surface area contributed by atoms with Gasteiger partial charge in [-0.05, 0) is 90.1 Å². The summed E-state index contributed by atoms with van der Waals surface area (Å²) in [5, 5.41) is 3.92. The average molecular weight is 346 g/mol. The van der Waals surface area contributed by atoms with Crippen molar-refractivity contribution >= 4 is 26.7 Å². The van der Waals surface area contributed by atoms with E-state index in [0.717, 1.165) is 0 Å². The fourth-order valence-electron chi connectivity index (χ4n) is 3.69. The Morgan fingerprint density at radius 2 is 1.68 bits per heavy atom. The van der Waals surface area contributed by atoms with Crippen molar-refractivity contribution in [2.75, 3.05) is 0 Å². The molecule has 0 bridgehead atoms. The molecule has 0 aromatic heterocycles. The molecule has 0 heterocycles. The maximum absolute atomic E-state index is 3.56. The van der Waals surface area contributed by atoms with Crippen LogP contribution in [0.2, 0.25) is 0 Å². The van der Waals surface area contributed by atoms with Gasteiger partial charge in [-0.25, -0.2) is 0 Å².